The SMILES string of the molecule is Cc1cccc(CS(=O)(=O)NCC(c2cccnc2)S(=O)(=O)c2ccc(F)c(C)c2)c1. The summed E-state index contributed by atoms with van der Waals surface area (Å²) < 4.78 is 68.0. The topological polar surface area (TPSA) is 93.2 Å². The summed E-state index contributed by atoms with van der Waals surface area (Å²) >= 11 is 0. The van der Waals surface area contributed by atoms with Gasteiger partial charge >= 0.3 is 0 Å². The normalized spacial score (nSPS) is 13.1. The van der Waals surface area contributed by atoms with Crippen LogP contribution in [0.3, 0.4) is 0 Å². The van der Waals surface area contributed by atoms with Gasteiger partial charge in [-0.05, 0) is 54.8 Å². The Kier molecular flexibility index (Phi) is 6.88. The van der Waals surface area contributed by atoms with Gasteiger partial charge in [-0.1, -0.05) is 35.9 Å². The second-order valence-electron chi connectivity index (χ2n) is 7.33. The molecule has 31 heavy (non-hydrogen) atoms. The molecule has 164 valence electrons. The zero-order valence-electron chi connectivity index (χ0n) is 17.1. The predicted octanol–water partition coefficient (Wildman–Crippen LogP) is 3.47. The highest BCUT2D eigenvalue weighted by Crippen LogP contribution is 2.29. The lowest BCUT2D eigenvalue weighted by atomic mass is 10.2. The summed E-state index contributed by atoms with van der Waals surface area (Å²) in [5.74, 6) is -0.792. The minimum absolute atomic E-state index is 0.0851. The van der Waals surface area contributed by atoms with Crippen molar-refractivity contribution in [3.8, 4) is 0 Å². The lowest BCUT2D eigenvalue weighted by Gasteiger charge is -2.19. The fraction of sp³-hybridized carbons (Fsp3) is 0.227. The van der Waals surface area contributed by atoms with Crippen molar-refractivity contribution in [1.82, 2.24) is 9.71 Å². The van der Waals surface area contributed by atoms with Crippen molar-refractivity contribution in [3.05, 3.63) is 95.1 Å². The molecule has 9 heteroatoms. The van der Waals surface area contributed by atoms with Gasteiger partial charge in [0.2, 0.25) is 10.0 Å². The number of sulfonamides is 1. The second-order valence-corrected chi connectivity index (χ2v) is 11.3. The van der Waals surface area contributed by atoms with E-state index in [1.165, 1.54) is 31.5 Å². The fourth-order valence-electron chi connectivity index (χ4n) is 3.21. The van der Waals surface area contributed by atoms with Gasteiger partial charge < -0.3 is 0 Å². The number of nitrogens with zero attached hydrogens (tertiary/aromatic N) is 1. The number of hydrogen-bond donors (Lipinski definition) is 1. The third kappa shape index (κ3) is 5.75. The molecule has 0 saturated carbocycles. The molecule has 6 nitrogen and oxygen atoms in total. The number of pyridine rings is 1. The first kappa shape index (κ1) is 23.1. The van der Waals surface area contributed by atoms with Crippen molar-refractivity contribution < 1.29 is 21.2 Å². The van der Waals surface area contributed by atoms with Crippen molar-refractivity contribution in [2.45, 2.75) is 29.7 Å². The third-order valence-electron chi connectivity index (χ3n) is 4.82. The average Bonchev–Trinajstić information content (AvgIpc) is 2.70. The standard InChI is InChI=1S/C22H23FN2O4S2/c1-16-5-3-6-18(11-16)15-30(26,27)25-14-22(19-7-4-10-24-13-19)31(28,29)20-8-9-21(23)17(2)12-20/h3-13,22,25H,14-15H2,1-2H3. The molecule has 0 amide bonds. The van der Waals surface area contributed by atoms with Gasteiger partial charge in [-0.15, -0.1) is 0 Å². The Hall–Kier alpha value is -2.62. The molecule has 3 aromatic rings. The van der Waals surface area contributed by atoms with E-state index >= 15 is 0 Å². The maximum Gasteiger partial charge on any atom is 0.215 e. The molecule has 0 fully saturated rings. The molecule has 1 atom stereocenters. The van der Waals surface area contributed by atoms with Gasteiger partial charge in [0.1, 0.15) is 11.1 Å². The Balaban J connectivity index is 1.90. The predicted molar refractivity (Wildman–Crippen MR) is 117 cm³/mol. The van der Waals surface area contributed by atoms with Gasteiger partial charge in [0, 0.05) is 18.9 Å². The van der Waals surface area contributed by atoms with E-state index < -0.39 is 30.9 Å². The van der Waals surface area contributed by atoms with E-state index in [1.807, 2.05) is 13.0 Å². The van der Waals surface area contributed by atoms with Crippen LogP contribution in [0, 0.1) is 19.7 Å². The Labute approximate surface area is 182 Å². The summed E-state index contributed by atoms with van der Waals surface area (Å²) in [6.45, 7) is 2.95. The molecular weight excluding hydrogens is 439 g/mol. The van der Waals surface area contributed by atoms with Crippen LogP contribution in [0.1, 0.15) is 27.5 Å². The number of benzene rings is 2. The first-order valence-electron chi connectivity index (χ1n) is 9.51. The van der Waals surface area contributed by atoms with E-state index in [1.54, 1.807) is 30.3 Å². The third-order valence-corrected chi connectivity index (χ3v) is 8.24. The molecule has 0 saturated heterocycles. The highest BCUT2D eigenvalue weighted by molar-refractivity contribution is 7.92. The van der Waals surface area contributed by atoms with Crippen LogP contribution in [0.5, 0.6) is 0 Å². The number of rotatable bonds is 8. The average molecular weight is 463 g/mol. The van der Waals surface area contributed by atoms with Crippen molar-refractivity contribution in [3.63, 3.8) is 0 Å². The van der Waals surface area contributed by atoms with E-state index in [0.29, 0.717) is 11.1 Å². The second kappa shape index (κ2) is 9.25. The number of hydrogen-bond acceptors (Lipinski definition) is 5. The number of aromatic nitrogens is 1. The molecule has 3 rings (SSSR count). The Morgan fingerprint density at radius 2 is 1.77 bits per heavy atom. The number of nitrogens with one attached hydrogen (secondary N) is 1. The molecule has 1 heterocycles. The summed E-state index contributed by atoms with van der Waals surface area (Å²) in [7, 11) is -7.84. The smallest absolute Gasteiger partial charge is 0.215 e. The van der Waals surface area contributed by atoms with Crippen molar-refractivity contribution in [1.29, 1.82) is 0 Å². The first-order chi connectivity index (χ1) is 14.6. The summed E-state index contributed by atoms with van der Waals surface area (Å²) in [6.07, 6.45) is 2.88. The van der Waals surface area contributed by atoms with E-state index in [0.717, 1.165) is 11.6 Å². The van der Waals surface area contributed by atoms with E-state index in [4.69, 9.17) is 0 Å². The molecule has 0 spiro atoms. The van der Waals surface area contributed by atoms with Crippen LogP contribution < -0.4 is 4.72 Å². The van der Waals surface area contributed by atoms with Crippen molar-refractivity contribution in [2.24, 2.45) is 0 Å². The molecule has 0 aliphatic rings. The highest BCUT2D eigenvalue weighted by atomic mass is 32.2. The van der Waals surface area contributed by atoms with Crippen LogP contribution in [0.2, 0.25) is 0 Å². The monoisotopic (exact) mass is 462 g/mol. The van der Waals surface area contributed by atoms with Gasteiger partial charge in [-0.2, -0.15) is 0 Å². The lowest BCUT2D eigenvalue weighted by molar-refractivity contribution is 0.567. The maximum absolute atomic E-state index is 13.7. The molecule has 0 aliphatic heterocycles. The molecule has 1 N–H and O–H groups in total. The van der Waals surface area contributed by atoms with E-state index in [2.05, 4.69) is 9.71 Å². The molecule has 1 unspecified atom stereocenters. The van der Waals surface area contributed by atoms with Gasteiger partial charge in [-0.25, -0.2) is 25.9 Å². The van der Waals surface area contributed by atoms with Crippen LogP contribution in [0.15, 0.2) is 71.9 Å². The maximum atomic E-state index is 13.7. The first-order valence-corrected chi connectivity index (χ1v) is 12.7. The van der Waals surface area contributed by atoms with Crippen LogP contribution in [0.25, 0.3) is 0 Å². The van der Waals surface area contributed by atoms with Crippen LogP contribution in [0.4, 0.5) is 4.39 Å². The highest BCUT2D eigenvalue weighted by Gasteiger charge is 2.31. The summed E-state index contributed by atoms with van der Waals surface area (Å²) in [5.41, 5.74) is 2.05. The van der Waals surface area contributed by atoms with Crippen LogP contribution in [-0.4, -0.2) is 28.4 Å². The van der Waals surface area contributed by atoms with E-state index in [-0.39, 0.29) is 22.8 Å². The van der Waals surface area contributed by atoms with E-state index in [9.17, 15) is 21.2 Å². The molecule has 0 bridgehead atoms. The minimum Gasteiger partial charge on any atom is -0.264 e. The summed E-state index contributed by atoms with van der Waals surface area (Å²) in [4.78, 5) is 3.88. The zero-order chi connectivity index (χ0) is 22.6. The fourth-order valence-corrected chi connectivity index (χ4v) is 6.18. The van der Waals surface area contributed by atoms with Crippen molar-refractivity contribution in [2.75, 3.05) is 6.54 Å². The number of halogens is 1. The Bertz CT molecular complexity index is 1280. The number of sulfone groups is 1. The molecule has 2 aromatic carbocycles. The minimum atomic E-state index is -4.03. The summed E-state index contributed by atoms with van der Waals surface area (Å²) in [6, 6.07) is 13.7. The van der Waals surface area contributed by atoms with Crippen LogP contribution in [-0.2, 0) is 25.6 Å². The van der Waals surface area contributed by atoms with Crippen molar-refractivity contribution >= 4 is 19.9 Å². The lowest BCUT2D eigenvalue weighted by Crippen LogP contribution is -2.33. The zero-order valence-corrected chi connectivity index (χ0v) is 18.8. The van der Waals surface area contributed by atoms with Gasteiger partial charge in [0.15, 0.2) is 9.84 Å². The largest absolute Gasteiger partial charge is 0.264 e. The summed E-state index contributed by atoms with van der Waals surface area (Å²) in [5, 5.41) is -1.22. The molecule has 0 aliphatic carbocycles. The molecular formula is C22H23FN2O4S2. The number of aryl methyl sites for hydroxylation is 2. The van der Waals surface area contributed by atoms with Crippen LogP contribution >= 0.6 is 0 Å². The van der Waals surface area contributed by atoms with Gasteiger partial charge in [0.05, 0.1) is 10.6 Å². The Morgan fingerprint density at radius 3 is 2.42 bits per heavy atom. The molecule has 0 radical (unpaired) electrons. The molecule has 1 aromatic heterocycles. The quantitative estimate of drug-likeness (QED) is 0.518. The van der Waals surface area contributed by atoms with Gasteiger partial charge in [0.25, 0.3) is 0 Å². The van der Waals surface area contributed by atoms with Gasteiger partial charge in [-0.3, -0.25) is 4.98 Å². The Morgan fingerprint density at radius 1 is 1.00 bits per heavy atom.